The second-order valence-electron chi connectivity index (χ2n) is 5.57. The minimum Gasteiger partial charge on any atom is -0.481 e. The Labute approximate surface area is 118 Å². The molecule has 0 aliphatic carbocycles. The highest BCUT2D eigenvalue weighted by atomic mass is 16.4. The number of nitrogens with zero attached hydrogens (tertiary/aromatic N) is 3. The first-order valence-corrected chi connectivity index (χ1v) is 7.00. The van der Waals surface area contributed by atoms with E-state index in [1.165, 1.54) is 6.20 Å². The summed E-state index contributed by atoms with van der Waals surface area (Å²) >= 11 is 0. The lowest BCUT2D eigenvalue weighted by Crippen LogP contribution is -2.49. The number of carboxylic acid groups (broad SMARTS) is 1. The minimum atomic E-state index is -0.789. The average molecular weight is 279 g/mol. The monoisotopic (exact) mass is 279 g/mol. The van der Waals surface area contributed by atoms with E-state index < -0.39 is 11.4 Å². The van der Waals surface area contributed by atoms with Crippen molar-refractivity contribution in [2.75, 3.05) is 13.1 Å². The zero-order valence-electron chi connectivity index (χ0n) is 12.0. The number of amides is 1. The summed E-state index contributed by atoms with van der Waals surface area (Å²) in [5, 5.41) is 13.5. The van der Waals surface area contributed by atoms with Gasteiger partial charge in [0.05, 0.1) is 17.2 Å². The van der Waals surface area contributed by atoms with Crippen LogP contribution in [0.15, 0.2) is 12.4 Å². The molecule has 1 amide bonds. The van der Waals surface area contributed by atoms with Crippen LogP contribution in [0.3, 0.4) is 0 Å². The van der Waals surface area contributed by atoms with Crippen molar-refractivity contribution in [1.82, 2.24) is 14.7 Å². The standard InChI is InChI=1S/C14H21N3O3/c1-3-5-14(13(19)20)6-4-7-17(10-14)12(18)11-8-15-16(2)9-11/h8-9H,3-7,10H2,1-2H3,(H,19,20). The Bertz CT molecular complexity index is 508. The van der Waals surface area contributed by atoms with Gasteiger partial charge in [0.1, 0.15) is 0 Å². The number of carbonyl (C=O) groups excluding carboxylic acids is 1. The van der Waals surface area contributed by atoms with E-state index in [9.17, 15) is 14.7 Å². The molecule has 6 heteroatoms. The van der Waals surface area contributed by atoms with Crippen molar-refractivity contribution in [1.29, 1.82) is 0 Å². The molecular formula is C14H21N3O3. The summed E-state index contributed by atoms with van der Waals surface area (Å²) < 4.78 is 1.58. The highest BCUT2D eigenvalue weighted by Crippen LogP contribution is 2.35. The highest BCUT2D eigenvalue weighted by molar-refractivity contribution is 5.94. The van der Waals surface area contributed by atoms with Gasteiger partial charge in [-0.25, -0.2) is 0 Å². The molecule has 1 saturated heterocycles. The van der Waals surface area contributed by atoms with Crippen LogP contribution in [0.5, 0.6) is 0 Å². The summed E-state index contributed by atoms with van der Waals surface area (Å²) in [5.41, 5.74) is -0.268. The van der Waals surface area contributed by atoms with Crippen molar-refractivity contribution in [3.63, 3.8) is 0 Å². The molecule has 0 aromatic carbocycles. The second kappa shape index (κ2) is 5.64. The van der Waals surface area contributed by atoms with Crippen LogP contribution >= 0.6 is 0 Å². The Balaban J connectivity index is 2.17. The van der Waals surface area contributed by atoms with Gasteiger partial charge in [0.25, 0.3) is 5.91 Å². The largest absolute Gasteiger partial charge is 0.481 e. The van der Waals surface area contributed by atoms with Crippen molar-refractivity contribution in [2.24, 2.45) is 12.5 Å². The van der Waals surface area contributed by atoms with Crippen molar-refractivity contribution < 1.29 is 14.7 Å². The van der Waals surface area contributed by atoms with Gasteiger partial charge in [0, 0.05) is 26.3 Å². The summed E-state index contributed by atoms with van der Waals surface area (Å²) in [5.74, 6) is -0.914. The number of hydrogen-bond donors (Lipinski definition) is 1. The summed E-state index contributed by atoms with van der Waals surface area (Å²) in [6.45, 7) is 2.89. The molecule has 0 spiro atoms. The quantitative estimate of drug-likeness (QED) is 0.906. The number of likely N-dealkylation sites (tertiary alicyclic amines) is 1. The van der Waals surface area contributed by atoms with E-state index in [-0.39, 0.29) is 5.91 Å². The maximum atomic E-state index is 12.4. The van der Waals surface area contributed by atoms with Crippen LogP contribution in [0.1, 0.15) is 43.0 Å². The lowest BCUT2D eigenvalue weighted by molar-refractivity contribution is -0.152. The molecule has 0 saturated carbocycles. The number of carboxylic acids is 1. The molecule has 110 valence electrons. The van der Waals surface area contributed by atoms with Crippen LogP contribution in [0.2, 0.25) is 0 Å². The Morgan fingerprint density at radius 3 is 2.80 bits per heavy atom. The normalized spacial score (nSPS) is 22.8. The predicted molar refractivity (Wildman–Crippen MR) is 73.3 cm³/mol. The van der Waals surface area contributed by atoms with E-state index in [2.05, 4.69) is 5.10 Å². The van der Waals surface area contributed by atoms with Gasteiger partial charge in [0.15, 0.2) is 0 Å². The maximum absolute atomic E-state index is 12.4. The Hall–Kier alpha value is -1.85. The molecule has 1 fully saturated rings. The molecular weight excluding hydrogens is 258 g/mol. The van der Waals surface area contributed by atoms with E-state index >= 15 is 0 Å². The van der Waals surface area contributed by atoms with Crippen LogP contribution in [-0.2, 0) is 11.8 Å². The molecule has 20 heavy (non-hydrogen) atoms. The summed E-state index contributed by atoms with van der Waals surface area (Å²) in [6, 6.07) is 0. The first-order valence-electron chi connectivity index (χ1n) is 7.00. The molecule has 1 aliphatic rings. The molecule has 2 rings (SSSR count). The van der Waals surface area contributed by atoms with Crippen molar-refractivity contribution in [2.45, 2.75) is 32.6 Å². The van der Waals surface area contributed by atoms with Crippen LogP contribution in [0, 0.1) is 5.41 Å². The number of aryl methyl sites for hydroxylation is 1. The summed E-state index contributed by atoms with van der Waals surface area (Å²) in [7, 11) is 1.76. The fraction of sp³-hybridized carbons (Fsp3) is 0.643. The van der Waals surface area contributed by atoms with E-state index in [0.29, 0.717) is 31.5 Å². The third-order valence-electron chi connectivity index (χ3n) is 4.00. The number of aliphatic carboxylic acids is 1. The van der Waals surface area contributed by atoms with Crippen molar-refractivity contribution in [3.8, 4) is 0 Å². The van der Waals surface area contributed by atoms with Gasteiger partial charge >= 0.3 is 5.97 Å². The summed E-state index contributed by atoms with van der Waals surface area (Å²) in [6.07, 6.45) is 5.99. The molecule has 1 unspecified atom stereocenters. The number of rotatable bonds is 4. The Morgan fingerprint density at radius 2 is 2.25 bits per heavy atom. The molecule has 2 heterocycles. The van der Waals surface area contributed by atoms with E-state index in [0.717, 1.165) is 12.8 Å². The fourth-order valence-electron chi connectivity index (χ4n) is 2.98. The van der Waals surface area contributed by atoms with Crippen LogP contribution < -0.4 is 0 Å². The van der Waals surface area contributed by atoms with Crippen LogP contribution in [0.4, 0.5) is 0 Å². The van der Waals surface area contributed by atoms with Gasteiger partial charge in [-0.1, -0.05) is 13.3 Å². The topological polar surface area (TPSA) is 75.4 Å². The Kier molecular flexibility index (Phi) is 4.11. The maximum Gasteiger partial charge on any atom is 0.311 e. The molecule has 0 radical (unpaired) electrons. The molecule has 6 nitrogen and oxygen atoms in total. The predicted octanol–water partition coefficient (Wildman–Crippen LogP) is 1.53. The van der Waals surface area contributed by atoms with Gasteiger partial charge in [-0.15, -0.1) is 0 Å². The number of aromatic nitrogens is 2. The lowest BCUT2D eigenvalue weighted by Gasteiger charge is -2.39. The molecule has 1 N–H and O–H groups in total. The van der Waals surface area contributed by atoms with Gasteiger partial charge in [-0.05, 0) is 19.3 Å². The van der Waals surface area contributed by atoms with Crippen LogP contribution in [0.25, 0.3) is 0 Å². The number of hydrogen-bond acceptors (Lipinski definition) is 3. The molecule has 0 bridgehead atoms. The first-order chi connectivity index (χ1) is 9.48. The fourth-order valence-corrected chi connectivity index (χ4v) is 2.98. The van der Waals surface area contributed by atoms with Gasteiger partial charge < -0.3 is 10.0 Å². The summed E-state index contributed by atoms with van der Waals surface area (Å²) in [4.78, 5) is 25.7. The SMILES string of the molecule is CCCC1(C(=O)O)CCCN(C(=O)c2cnn(C)c2)C1. The van der Waals surface area contributed by atoms with E-state index in [4.69, 9.17) is 0 Å². The smallest absolute Gasteiger partial charge is 0.311 e. The zero-order chi connectivity index (χ0) is 14.8. The number of piperidine rings is 1. The molecule has 1 aromatic heterocycles. The van der Waals surface area contributed by atoms with Gasteiger partial charge in [0.2, 0.25) is 0 Å². The third kappa shape index (κ3) is 2.69. The number of carbonyl (C=O) groups is 2. The third-order valence-corrected chi connectivity index (χ3v) is 4.00. The highest BCUT2D eigenvalue weighted by Gasteiger charge is 2.42. The van der Waals surface area contributed by atoms with E-state index in [1.807, 2.05) is 6.92 Å². The molecule has 1 atom stereocenters. The second-order valence-corrected chi connectivity index (χ2v) is 5.57. The average Bonchev–Trinajstić information content (AvgIpc) is 2.85. The van der Waals surface area contributed by atoms with Crippen LogP contribution in [-0.4, -0.2) is 44.8 Å². The van der Waals surface area contributed by atoms with Gasteiger partial charge in [-0.2, -0.15) is 5.10 Å². The van der Waals surface area contributed by atoms with Crippen molar-refractivity contribution >= 4 is 11.9 Å². The first kappa shape index (κ1) is 14.6. The molecule has 1 aliphatic heterocycles. The minimum absolute atomic E-state index is 0.125. The van der Waals surface area contributed by atoms with Crippen molar-refractivity contribution in [3.05, 3.63) is 18.0 Å². The zero-order valence-corrected chi connectivity index (χ0v) is 12.0. The van der Waals surface area contributed by atoms with E-state index in [1.54, 1.807) is 22.8 Å². The Morgan fingerprint density at radius 1 is 1.50 bits per heavy atom. The molecule has 1 aromatic rings. The lowest BCUT2D eigenvalue weighted by atomic mass is 9.76. The van der Waals surface area contributed by atoms with Gasteiger partial charge in [-0.3, -0.25) is 14.3 Å².